The van der Waals surface area contributed by atoms with Gasteiger partial charge in [-0.3, -0.25) is 0 Å². The standard InChI is InChI=1S/C22H30Cl2N2O6S/c1-25(2)11-15(27)13-31-21-7-5-17(9-19(21)23)33(29,30)18-6-8-22(20(24)10-18)32-14-16(28)12-26(3)4/h5-10,15-16,27-28H,11-14H2,1-4H3/p+2. The molecule has 4 N–H and O–H groups in total. The third-order valence-corrected chi connectivity index (χ3v) is 6.92. The highest BCUT2D eigenvalue weighted by Crippen LogP contribution is 2.33. The maximum Gasteiger partial charge on any atom is 0.206 e. The van der Waals surface area contributed by atoms with Crippen molar-refractivity contribution in [3.63, 3.8) is 0 Å². The Morgan fingerprint density at radius 3 is 1.45 bits per heavy atom. The zero-order chi connectivity index (χ0) is 24.8. The quantitative estimate of drug-likeness (QED) is 0.302. The Bertz CT molecular complexity index is 958. The number of benzene rings is 2. The van der Waals surface area contributed by atoms with Gasteiger partial charge >= 0.3 is 0 Å². The summed E-state index contributed by atoms with van der Waals surface area (Å²) in [5.41, 5.74) is 0. The van der Waals surface area contributed by atoms with Crippen molar-refractivity contribution >= 4 is 33.0 Å². The molecule has 33 heavy (non-hydrogen) atoms. The Labute approximate surface area is 205 Å². The smallest absolute Gasteiger partial charge is 0.206 e. The van der Waals surface area contributed by atoms with E-state index in [-0.39, 0.29) is 44.5 Å². The lowest BCUT2D eigenvalue weighted by molar-refractivity contribution is -0.861. The predicted molar refractivity (Wildman–Crippen MR) is 127 cm³/mol. The Balaban J connectivity index is 2.12. The average Bonchev–Trinajstić information content (AvgIpc) is 2.70. The lowest BCUT2D eigenvalue weighted by atomic mass is 10.3. The summed E-state index contributed by atoms with van der Waals surface area (Å²) in [6.07, 6.45) is -1.36. The van der Waals surface area contributed by atoms with Crippen molar-refractivity contribution in [3.05, 3.63) is 46.4 Å². The molecule has 0 amide bonds. The number of hydrogen-bond acceptors (Lipinski definition) is 6. The number of halogens is 2. The summed E-state index contributed by atoms with van der Waals surface area (Å²) in [5.74, 6) is 0.562. The van der Waals surface area contributed by atoms with E-state index < -0.39 is 22.0 Å². The molecule has 2 rings (SSSR count). The van der Waals surface area contributed by atoms with Crippen molar-refractivity contribution in [2.75, 3.05) is 54.5 Å². The number of likely N-dealkylation sites (N-methyl/N-ethyl adjacent to an activating group) is 2. The third-order valence-electron chi connectivity index (χ3n) is 4.58. The van der Waals surface area contributed by atoms with Crippen molar-refractivity contribution in [3.8, 4) is 11.5 Å². The van der Waals surface area contributed by atoms with E-state index in [1.54, 1.807) is 0 Å². The summed E-state index contributed by atoms with van der Waals surface area (Å²) in [5, 5.41) is 20.1. The predicted octanol–water partition coefficient (Wildman–Crippen LogP) is -0.405. The van der Waals surface area contributed by atoms with Crippen LogP contribution in [0.25, 0.3) is 0 Å². The molecular weight excluding hydrogens is 491 g/mol. The molecule has 0 radical (unpaired) electrons. The second kappa shape index (κ2) is 12.2. The Morgan fingerprint density at radius 1 is 0.788 bits per heavy atom. The minimum atomic E-state index is -3.90. The van der Waals surface area contributed by atoms with Crippen molar-refractivity contribution in [1.82, 2.24) is 0 Å². The summed E-state index contributed by atoms with van der Waals surface area (Å²) in [6, 6.07) is 8.29. The van der Waals surface area contributed by atoms with Gasteiger partial charge in [0, 0.05) is 0 Å². The molecule has 0 heterocycles. The van der Waals surface area contributed by atoms with Crippen LogP contribution in [0.15, 0.2) is 46.2 Å². The van der Waals surface area contributed by atoms with Crippen LogP contribution in [0, 0.1) is 0 Å². The minimum Gasteiger partial charge on any atom is -0.489 e. The molecule has 8 nitrogen and oxygen atoms in total. The van der Waals surface area contributed by atoms with Gasteiger partial charge in [0.15, 0.2) is 0 Å². The van der Waals surface area contributed by atoms with E-state index in [1.165, 1.54) is 36.4 Å². The van der Waals surface area contributed by atoms with Crippen molar-refractivity contribution in [2.45, 2.75) is 22.0 Å². The second-order valence-corrected chi connectivity index (χ2v) is 11.2. The molecule has 0 fully saturated rings. The van der Waals surface area contributed by atoms with E-state index in [2.05, 4.69) is 0 Å². The molecule has 0 spiro atoms. The summed E-state index contributed by atoms with van der Waals surface area (Å²) < 4.78 is 37.2. The first kappa shape index (κ1) is 27.7. The van der Waals surface area contributed by atoms with Gasteiger partial charge in [0.1, 0.15) is 50.0 Å². The van der Waals surface area contributed by atoms with E-state index in [4.69, 9.17) is 32.7 Å². The maximum atomic E-state index is 13.1. The van der Waals surface area contributed by atoms with Gasteiger partial charge < -0.3 is 29.5 Å². The molecule has 184 valence electrons. The first-order valence-electron chi connectivity index (χ1n) is 10.4. The molecule has 0 aromatic heterocycles. The highest BCUT2D eigenvalue weighted by molar-refractivity contribution is 7.91. The van der Waals surface area contributed by atoms with E-state index in [0.717, 1.165) is 9.80 Å². The van der Waals surface area contributed by atoms with Gasteiger partial charge in [-0.15, -0.1) is 0 Å². The molecule has 0 saturated carbocycles. The van der Waals surface area contributed by atoms with Crippen LogP contribution in [-0.2, 0) is 9.84 Å². The third kappa shape index (κ3) is 8.29. The first-order chi connectivity index (χ1) is 15.4. The number of rotatable bonds is 12. The normalized spacial score (nSPS) is 13.9. The Hall–Kier alpha value is -1.59. The molecule has 0 bridgehead atoms. The SMILES string of the molecule is C[NH+](C)CC(O)COc1ccc(S(=O)(=O)c2ccc(OCC(O)C[NH+](C)C)c(Cl)c2)cc1Cl. The van der Waals surface area contributed by atoms with Crippen LogP contribution in [0.4, 0.5) is 0 Å². The Kier molecular flexibility index (Phi) is 10.2. The van der Waals surface area contributed by atoms with Gasteiger partial charge in [0.2, 0.25) is 9.84 Å². The molecule has 0 aliphatic heterocycles. The first-order valence-corrected chi connectivity index (χ1v) is 12.7. The number of aliphatic hydroxyl groups excluding tert-OH is 2. The Morgan fingerprint density at radius 2 is 1.15 bits per heavy atom. The fraction of sp³-hybridized carbons (Fsp3) is 0.455. The van der Waals surface area contributed by atoms with Crippen molar-refractivity contribution in [1.29, 1.82) is 0 Å². The summed E-state index contributed by atoms with van der Waals surface area (Å²) in [6.45, 7) is 1.08. The van der Waals surface area contributed by atoms with Crippen molar-refractivity contribution in [2.24, 2.45) is 0 Å². The monoisotopic (exact) mass is 522 g/mol. The molecule has 0 aliphatic rings. The summed E-state index contributed by atoms with van der Waals surface area (Å²) >= 11 is 12.5. The average molecular weight is 523 g/mol. The molecule has 0 saturated heterocycles. The molecule has 2 aromatic rings. The maximum absolute atomic E-state index is 13.1. The minimum absolute atomic E-state index is 0.0211. The molecule has 2 atom stereocenters. The fourth-order valence-electron chi connectivity index (χ4n) is 3.10. The van der Waals surface area contributed by atoms with E-state index in [0.29, 0.717) is 13.1 Å². The van der Waals surface area contributed by atoms with Crippen LogP contribution in [0.1, 0.15) is 0 Å². The lowest BCUT2D eigenvalue weighted by Gasteiger charge is -2.16. The van der Waals surface area contributed by atoms with Crippen LogP contribution in [0.2, 0.25) is 10.0 Å². The van der Waals surface area contributed by atoms with Crippen LogP contribution in [0.5, 0.6) is 11.5 Å². The highest BCUT2D eigenvalue weighted by Gasteiger charge is 2.21. The van der Waals surface area contributed by atoms with E-state index >= 15 is 0 Å². The molecule has 11 heteroatoms. The molecular formula is C22H32Cl2N2O6S+2. The number of hydrogen-bond donors (Lipinski definition) is 4. The van der Waals surface area contributed by atoms with Gasteiger partial charge in [-0.05, 0) is 36.4 Å². The molecule has 0 aliphatic carbocycles. The zero-order valence-corrected chi connectivity index (χ0v) is 21.5. The van der Waals surface area contributed by atoms with Crippen LogP contribution < -0.4 is 19.3 Å². The van der Waals surface area contributed by atoms with E-state index in [9.17, 15) is 18.6 Å². The van der Waals surface area contributed by atoms with Gasteiger partial charge in [0.25, 0.3) is 0 Å². The number of aliphatic hydroxyl groups is 2. The number of nitrogens with one attached hydrogen (secondary N) is 2. The number of sulfone groups is 1. The van der Waals surface area contributed by atoms with Crippen LogP contribution in [0.3, 0.4) is 0 Å². The van der Waals surface area contributed by atoms with Crippen LogP contribution in [-0.4, -0.2) is 85.3 Å². The molecule has 2 unspecified atom stereocenters. The van der Waals surface area contributed by atoms with Crippen molar-refractivity contribution < 1.29 is 37.9 Å². The van der Waals surface area contributed by atoms with Gasteiger partial charge in [-0.2, -0.15) is 0 Å². The zero-order valence-electron chi connectivity index (χ0n) is 19.1. The summed E-state index contributed by atoms with van der Waals surface area (Å²) in [4.78, 5) is 2.10. The number of ether oxygens (including phenoxy) is 2. The topological polar surface area (TPSA) is 102 Å². The van der Waals surface area contributed by atoms with Crippen LogP contribution >= 0.6 is 23.2 Å². The lowest BCUT2D eigenvalue weighted by Crippen LogP contribution is -3.07. The summed E-state index contributed by atoms with van der Waals surface area (Å²) in [7, 11) is 3.75. The largest absolute Gasteiger partial charge is 0.489 e. The highest BCUT2D eigenvalue weighted by atomic mass is 35.5. The van der Waals surface area contributed by atoms with Gasteiger partial charge in [-0.1, -0.05) is 23.2 Å². The molecule has 2 aromatic carbocycles. The second-order valence-electron chi connectivity index (χ2n) is 8.44. The van der Waals surface area contributed by atoms with E-state index in [1.807, 2.05) is 28.2 Å². The number of quaternary nitrogens is 2. The van der Waals surface area contributed by atoms with Gasteiger partial charge in [-0.25, -0.2) is 8.42 Å². The van der Waals surface area contributed by atoms with Gasteiger partial charge in [0.05, 0.1) is 48.0 Å². The fourth-order valence-corrected chi connectivity index (χ4v) is 5.01.